The van der Waals surface area contributed by atoms with E-state index in [4.69, 9.17) is 34.2 Å². The molecule has 7 heteroatoms. The smallest absolute Gasteiger partial charge is 0.267 e. The Kier molecular flexibility index (Phi) is 5.47. The first-order valence-corrected chi connectivity index (χ1v) is 7.24. The number of anilines is 3. The standard InChI is InChI=1S/C16H12Cl2N4O/c17-11-1-4-13(5-2-11)21-9-10(8-19)16(23)22-15-6-3-12(20)7-14(15)18/h1-7,9,21H,20H2,(H,22,23)/b10-9-. The van der Waals surface area contributed by atoms with Gasteiger partial charge in [-0.2, -0.15) is 5.26 Å². The van der Waals surface area contributed by atoms with E-state index in [1.54, 1.807) is 36.4 Å². The zero-order valence-corrected chi connectivity index (χ0v) is 13.3. The first-order valence-electron chi connectivity index (χ1n) is 6.48. The summed E-state index contributed by atoms with van der Waals surface area (Å²) < 4.78 is 0. The number of amides is 1. The van der Waals surface area contributed by atoms with Gasteiger partial charge in [0.2, 0.25) is 0 Å². The minimum absolute atomic E-state index is 0.104. The van der Waals surface area contributed by atoms with Crippen LogP contribution < -0.4 is 16.4 Å². The van der Waals surface area contributed by atoms with Gasteiger partial charge >= 0.3 is 0 Å². The van der Waals surface area contributed by atoms with Crippen LogP contribution in [0, 0.1) is 11.3 Å². The fourth-order valence-electron chi connectivity index (χ4n) is 1.67. The fraction of sp³-hybridized carbons (Fsp3) is 0. The highest BCUT2D eigenvalue weighted by molar-refractivity contribution is 6.34. The number of hydrogen-bond donors (Lipinski definition) is 3. The highest BCUT2D eigenvalue weighted by Gasteiger charge is 2.11. The average molecular weight is 347 g/mol. The SMILES string of the molecule is N#C/C(=C/Nc1ccc(Cl)cc1)C(=O)Nc1ccc(N)cc1Cl. The summed E-state index contributed by atoms with van der Waals surface area (Å²) >= 11 is 11.8. The second-order valence-electron chi connectivity index (χ2n) is 4.51. The number of nitriles is 1. The number of carbonyl (C=O) groups is 1. The molecule has 2 rings (SSSR count). The van der Waals surface area contributed by atoms with Crippen LogP contribution in [0.5, 0.6) is 0 Å². The molecule has 0 fully saturated rings. The topological polar surface area (TPSA) is 90.9 Å². The highest BCUT2D eigenvalue weighted by Crippen LogP contribution is 2.24. The van der Waals surface area contributed by atoms with Crippen molar-refractivity contribution in [2.75, 3.05) is 16.4 Å². The number of nitrogens with one attached hydrogen (secondary N) is 2. The molecule has 0 saturated heterocycles. The van der Waals surface area contributed by atoms with Crippen LogP contribution in [-0.2, 0) is 4.79 Å². The lowest BCUT2D eigenvalue weighted by molar-refractivity contribution is -0.112. The molecule has 5 nitrogen and oxygen atoms in total. The predicted octanol–water partition coefficient (Wildman–Crippen LogP) is 4.03. The molecule has 2 aromatic carbocycles. The van der Waals surface area contributed by atoms with Crippen LogP contribution in [0.2, 0.25) is 10.0 Å². The van der Waals surface area contributed by atoms with Gasteiger partial charge in [0.15, 0.2) is 0 Å². The van der Waals surface area contributed by atoms with Crippen molar-refractivity contribution in [1.82, 2.24) is 0 Å². The van der Waals surface area contributed by atoms with Gasteiger partial charge in [0.05, 0.1) is 10.7 Å². The van der Waals surface area contributed by atoms with E-state index in [1.165, 1.54) is 12.3 Å². The molecule has 0 heterocycles. The molecule has 0 bridgehead atoms. The van der Waals surface area contributed by atoms with E-state index in [9.17, 15) is 4.79 Å². The van der Waals surface area contributed by atoms with Crippen LogP contribution in [0.1, 0.15) is 0 Å². The van der Waals surface area contributed by atoms with Crippen molar-refractivity contribution in [3.05, 3.63) is 64.3 Å². The molecule has 2 aromatic rings. The van der Waals surface area contributed by atoms with Crippen molar-refractivity contribution >= 4 is 46.2 Å². The zero-order chi connectivity index (χ0) is 16.8. The number of nitrogens with zero attached hydrogens (tertiary/aromatic N) is 1. The molecular weight excluding hydrogens is 335 g/mol. The lowest BCUT2D eigenvalue weighted by Gasteiger charge is -2.07. The zero-order valence-electron chi connectivity index (χ0n) is 11.8. The molecule has 0 saturated carbocycles. The Morgan fingerprint density at radius 2 is 1.87 bits per heavy atom. The molecule has 0 aliphatic carbocycles. The maximum atomic E-state index is 12.1. The number of halogens is 2. The van der Waals surface area contributed by atoms with Gasteiger partial charge in [-0.05, 0) is 42.5 Å². The van der Waals surface area contributed by atoms with Gasteiger partial charge in [0, 0.05) is 22.6 Å². The maximum absolute atomic E-state index is 12.1. The predicted molar refractivity (Wildman–Crippen MR) is 93.3 cm³/mol. The monoisotopic (exact) mass is 346 g/mol. The van der Waals surface area contributed by atoms with Crippen LogP contribution in [0.15, 0.2) is 54.2 Å². The molecule has 0 unspecified atom stereocenters. The fourth-order valence-corrected chi connectivity index (χ4v) is 2.03. The Bertz CT molecular complexity index is 795. The van der Waals surface area contributed by atoms with Crippen molar-refractivity contribution in [2.24, 2.45) is 0 Å². The van der Waals surface area contributed by atoms with Gasteiger partial charge in [-0.15, -0.1) is 0 Å². The van der Waals surface area contributed by atoms with Crippen LogP contribution in [0.3, 0.4) is 0 Å². The molecule has 0 aliphatic rings. The third-order valence-electron chi connectivity index (χ3n) is 2.83. The molecule has 1 amide bonds. The molecule has 0 aromatic heterocycles. The normalized spacial score (nSPS) is 10.7. The molecule has 23 heavy (non-hydrogen) atoms. The van der Waals surface area contributed by atoms with Crippen molar-refractivity contribution in [1.29, 1.82) is 5.26 Å². The van der Waals surface area contributed by atoms with E-state index in [0.29, 0.717) is 27.1 Å². The number of carbonyl (C=O) groups excluding carboxylic acids is 1. The Labute approximate surface area is 143 Å². The van der Waals surface area contributed by atoms with E-state index < -0.39 is 5.91 Å². The number of benzene rings is 2. The van der Waals surface area contributed by atoms with Crippen LogP contribution >= 0.6 is 23.2 Å². The molecular formula is C16H12Cl2N4O. The molecule has 0 radical (unpaired) electrons. The summed E-state index contributed by atoms with van der Waals surface area (Å²) in [6.45, 7) is 0. The molecule has 4 N–H and O–H groups in total. The van der Waals surface area contributed by atoms with Gasteiger partial charge in [0.1, 0.15) is 11.6 Å². The summed E-state index contributed by atoms with van der Waals surface area (Å²) in [4.78, 5) is 12.1. The third-order valence-corrected chi connectivity index (χ3v) is 3.40. The number of nitrogen functional groups attached to an aromatic ring is 1. The average Bonchev–Trinajstić information content (AvgIpc) is 2.52. The summed E-state index contributed by atoms with van der Waals surface area (Å²) in [6.07, 6.45) is 1.31. The van der Waals surface area contributed by atoms with E-state index in [1.807, 2.05) is 6.07 Å². The Hall–Kier alpha value is -2.68. The summed E-state index contributed by atoms with van der Waals surface area (Å²) in [5, 5.41) is 15.4. The Morgan fingerprint density at radius 1 is 1.17 bits per heavy atom. The van der Waals surface area contributed by atoms with Crippen molar-refractivity contribution < 1.29 is 4.79 Å². The van der Waals surface area contributed by atoms with E-state index in [-0.39, 0.29) is 5.57 Å². The van der Waals surface area contributed by atoms with Crippen LogP contribution in [-0.4, -0.2) is 5.91 Å². The van der Waals surface area contributed by atoms with E-state index in [0.717, 1.165) is 0 Å². The quantitative estimate of drug-likeness (QED) is 0.442. The molecule has 0 aliphatic heterocycles. The molecule has 116 valence electrons. The first kappa shape index (κ1) is 16.7. The van der Waals surface area contributed by atoms with Gasteiger partial charge in [0.25, 0.3) is 5.91 Å². The molecule has 0 spiro atoms. The summed E-state index contributed by atoms with van der Waals surface area (Å²) in [6, 6.07) is 13.3. The minimum Gasteiger partial charge on any atom is -0.399 e. The minimum atomic E-state index is -0.583. The highest BCUT2D eigenvalue weighted by atomic mass is 35.5. The van der Waals surface area contributed by atoms with E-state index >= 15 is 0 Å². The summed E-state index contributed by atoms with van der Waals surface area (Å²) in [5.41, 5.74) is 7.03. The van der Waals surface area contributed by atoms with Gasteiger partial charge in [-0.25, -0.2) is 0 Å². The Balaban J connectivity index is 2.10. The Morgan fingerprint density at radius 3 is 2.48 bits per heavy atom. The van der Waals surface area contributed by atoms with Crippen molar-refractivity contribution in [2.45, 2.75) is 0 Å². The molecule has 0 atom stereocenters. The lowest BCUT2D eigenvalue weighted by atomic mass is 10.2. The first-order chi connectivity index (χ1) is 11.0. The second-order valence-corrected chi connectivity index (χ2v) is 5.36. The van der Waals surface area contributed by atoms with Crippen molar-refractivity contribution in [3.63, 3.8) is 0 Å². The second kappa shape index (κ2) is 7.54. The number of rotatable bonds is 4. The largest absolute Gasteiger partial charge is 0.399 e. The summed E-state index contributed by atoms with van der Waals surface area (Å²) in [5.74, 6) is -0.583. The number of hydrogen-bond acceptors (Lipinski definition) is 4. The summed E-state index contributed by atoms with van der Waals surface area (Å²) in [7, 11) is 0. The van der Waals surface area contributed by atoms with Crippen molar-refractivity contribution in [3.8, 4) is 6.07 Å². The number of nitrogens with two attached hydrogens (primary N) is 1. The van der Waals surface area contributed by atoms with Gasteiger partial charge in [-0.3, -0.25) is 4.79 Å². The van der Waals surface area contributed by atoms with Gasteiger partial charge in [-0.1, -0.05) is 23.2 Å². The van der Waals surface area contributed by atoms with Crippen LogP contribution in [0.25, 0.3) is 0 Å². The maximum Gasteiger partial charge on any atom is 0.267 e. The van der Waals surface area contributed by atoms with E-state index in [2.05, 4.69) is 10.6 Å². The third kappa shape index (κ3) is 4.65. The van der Waals surface area contributed by atoms with Crippen LogP contribution in [0.4, 0.5) is 17.1 Å². The van der Waals surface area contributed by atoms with Gasteiger partial charge < -0.3 is 16.4 Å². The lowest BCUT2D eigenvalue weighted by Crippen LogP contribution is -2.15.